The van der Waals surface area contributed by atoms with Crippen LogP contribution in [-0.4, -0.2) is 40.6 Å². The Hall–Kier alpha value is -2.83. The number of rotatable bonds is 2. The third kappa shape index (κ3) is 2.33. The molecule has 1 heterocycles. The van der Waals surface area contributed by atoms with Crippen molar-refractivity contribution in [1.82, 2.24) is 0 Å². The molecule has 7 heteroatoms. The average molecular weight is 332 g/mol. The maximum Gasteiger partial charge on any atom is 0.333 e. The second-order valence-electron chi connectivity index (χ2n) is 5.87. The summed E-state index contributed by atoms with van der Waals surface area (Å²) in [6.07, 6.45) is 1.88. The number of ketones is 1. The number of aromatic hydroxyl groups is 1. The smallest absolute Gasteiger partial charge is 0.333 e. The molecular formula is C17H16O7. The van der Waals surface area contributed by atoms with E-state index in [9.17, 15) is 24.6 Å². The predicted octanol–water partition coefficient (Wildman–Crippen LogP) is 1.69. The highest BCUT2D eigenvalue weighted by atomic mass is 16.5. The van der Waals surface area contributed by atoms with Crippen molar-refractivity contribution >= 4 is 17.7 Å². The topological polar surface area (TPSA) is 110 Å². The van der Waals surface area contributed by atoms with E-state index in [0.29, 0.717) is 6.42 Å². The number of carbonyl (C=O) groups excluding carboxylic acids is 2. The van der Waals surface area contributed by atoms with Crippen LogP contribution in [0.3, 0.4) is 0 Å². The molecule has 7 nitrogen and oxygen atoms in total. The lowest BCUT2D eigenvalue weighted by Gasteiger charge is -2.31. The van der Waals surface area contributed by atoms with Gasteiger partial charge in [-0.2, -0.15) is 0 Å². The summed E-state index contributed by atoms with van der Waals surface area (Å²) in [6, 6.07) is 4.02. The zero-order valence-electron chi connectivity index (χ0n) is 12.9. The number of aliphatic carboxylic acids is 1. The summed E-state index contributed by atoms with van der Waals surface area (Å²) in [4.78, 5) is 36.7. The zero-order chi connectivity index (χ0) is 17.5. The van der Waals surface area contributed by atoms with Crippen molar-refractivity contribution in [2.24, 2.45) is 5.92 Å². The minimum atomic E-state index is -1.71. The Morgan fingerprint density at radius 1 is 1.38 bits per heavy atom. The first-order chi connectivity index (χ1) is 11.4. The van der Waals surface area contributed by atoms with Crippen LogP contribution in [0.25, 0.3) is 0 Å². The van der Waals surface area contributed by atoms with E-state index >= 15 is 0 Å². The van der Waals surface area contributed by atoms with Gasteiger partial charge in [-0.3, -0.25) is 9.59 Å². The fraction of sp³-hybridized carbons (Fsp3) is 0.353. The Morgan fingerprint density at radius 2 is 2.12 bits per heavy atom. The van der Waals surface area contributed by atoms with Crippen LogP contribution in [0.2, 0.25) is 0 Å². The minimum Gasteiger partial charge on any atom is -0.508 e. The van der Waals surface area contributed by atoms with Gasteiger partial charge in [-0.25, -0.2) is 4.79 Å². The van der Waals surface area contributed by atoms with Crippen LogP contribution in [-0.2, 0) is 14.3 Å². The number of hydrogen-bond acceptors (Lipinski definition) is 6. The number of Topliss-reactive ketones (excluding diaryl/α,β-unsaturated/α-hetero) is 1. The van der Waals surface area contributed by atoms with E-state index in [1.165, 1.54) is 25.3 Å². The molecule has 2 unspecified atom stereocenters. The Kier molecular flexibility index (Phi) is 3.79. The molecule has 0 radical (unpaired) electrons. The fourth-order valence-corrected chi connectivity index (χ4v) is 3.35. The van der Waals surface area contributed by atoms with Crippen molar-refractivity contribution in [3.05, 3.63) is 35.4 Å². The number of phenolic OH excluding ortho intramolecular Hbond substituents is 1. The molecule has 126 valence electrons. The molecule has 24 heavy (non-hydrogen) atoms. The number of allylic oxidation sites excluding steroid dienone is 1. The second-order valence-corrected chi connectivity index (χ2v) is 5.87. The molecule has 1 spiro atoms. The highest BCUT2D eigenvalue weighted by Gasteiger charge is 2.57. The second kappa shape index (κ2) is 5.67. The molecular weight excluding hydrogens is 316 g/mol. The summed E-state index contributed by atoms with van der Waals surface area (Å²) in [5, 5.41) is 19.2. The normalized spacial score (nSPS) is 25.5. The number of benzene rings is 1. The van der Waals surface area contributed by atoms with Crippen molar-refractivity contribution in [2.45, 2.75) is 24.9 Å². The summed E-state index contributed by atoms with van der Waals surface area (Å²) < 4.78 is 10.5. The van der Waals surface area contributed by atoms with E-state index < -0.39 is 29.2 Å². The summed E-state index contributed by atoms with van der Waals surface area (Å²) in [5.74, 6) is -3.35. The molecule has 1 aliphatic heterocycles. The number of carboxylic acid groups (broad SMARTS) is 1. The van der Waals surface area contributed by atoms with Crippen molar-refractivity contribution in [2.75, 3.05) is 7.11 Å². The number of fused-ring (bicyclic) bond motifs is 1. The molecule has 0 fully saturated rings. The molecule has 1 aliphatic carbocycles. The molecule has 0 aromatic heterocycles. The van der Waals surface area contributed by atoms with Gasteiger partial charge < -0.3 is 19.7 Å². The van der Waals surface area contributed by atoms with Crippen LogP contribution in [0.4, 0.5) is 0 Å². The molecule has 2 N–H and O–H groups in total. The molecule has 0 saturated heterocycles. The lowest BCUT2D eigenvalue weighted by molar-refractivity contribution is -0.148. The number of hydrogen-bond donors (Lipinski definition) is 2. The van der Waals surface area contributed by atoms with Gasteiger partial charge in [0.25, 0.3) is 0 Å². The van der Waals surface area contributed by atoms with Gasteiger partial charge in [0.15, 0.2) is 5.60 Å². The Balaban J connectivity index is 2.10. The van der Waals surface area contributed by atoms with Crippen LogP contribution < -0.4 is 4.74 Å². The molecule has 1 aromatic carbocycles. The van der Waals surface area contributed by atoms with E-state index in [2.05, 4.69) is 0 Å². The lowest BCUT2D eigenvalue weighted by atomic mass is 9.77. The number of carbonyl (C=O) groups is 3. The molecule has 2 atom stereocenters. The highest BCUT2D eigenvalue weighted by Crippen LogP contribution is 2.46. The SMILES string of the molecule is COC(=O)C1=CCCC(C(=O)O)C2(C1)Oc1ccc(O)cc1C2=O. The Bertz CT molecular complexity index is 764. The zero-order valence-corrected chi connectivity index (χ0v) is 12.9. The summed E-state index contributed by atoms with van der Waals surface area (Å²) in [6.45, 7) is 0. The number of ether oxygens (including phenoxy) is 2. The molecule has 0 bridgehead atoms. The van der Waals surface area contributed by atoms with E-state index in [1.54, 1.807) is 6.08 Å². The van der Waals surface area contributed by atoms with E-state index in [-0.39, 0.29) is 35.5 Å². The predicted molar refractivity (Wildman–Crippen MR) is 80.9 cm³/mol. The van der Waals surface area contributed by atoms with Gasteiger partial charge in [-0.15, -0.1) is 0 Å². The van der Waals surface area contributed by atoms with Gasteiger partial charge in [-0.1, -0.05) is 6.08 Å². The number of phenols is 1. The van der Waals surface area contributed by atoms with Crippen molar-refractivity contribution < 1.29 is 34.1 Å². The van der Waals surface area contributed by atoms with Crippen molar-refractivity contribution in [1.29, 1.82) is 0 Å². The number of carboxylic acids is 1. The maximum atomic E-state index is 13.0. The largest absolute Gasteiger partial charge is 0.508 e. The Morgan fingerprint density at radius 3 is 2.79 bits per heavy atom. The molecule has 1 aromatic rings. The van der Waals surface area contributed by atoms with E-state index in [1.807, 2.05) is 0 Å². The monoisotopic (exact) mass is 332 g/mol. The fourth-order valence-electron chi connectivity index (χ4n) is 3.35. The van der Waals surface area contributed by atoms with Gasteiger partial charge in [-0.05, 0) is 31.0 Å². The molecule has 0 amide bonds. The van der Waals surface area contributed by atoms with Gasteiger partial charge in [0.1, 0.15) is 17.4 Å². The standard InChI is InChI=1S/C17H16O7/c1-23-16(22)9-3-2-4-12(15(20)21)17(8-9)14(19)11-7-10(18)5-6-13(11)24-17/h3,5-7,12,18H,2,4,8H2,1H3,(H,20,21). The van der Waals surface area contributed by atoms with Crippen LogP contribution in [0.1, 0.15) is 29.6 Å². The Labute approximate surface area is 137 Å². The van der Waals surface area contributed by atoms with Gasteiger partial charge >= 0.3 is 11.9 Å². The van der Waals surface area contributed by atoms with Crippen LogP contribution in [0.5, 0.6) is 11.5 Å². The summed E-state index contributed by atoms with van der Waals surface area (Å²) >= 11 is 0. The van der Waals surface area contributed by atoms with Crippen LogP contribution >= 0.6 is 0 Å². The van der Waals surface area contributed by atoms with Gasteiger partial charge in [0, 0.05) is 12.0 Å². The number of esters is 1. The quantitative estimate of drug-likeness (QED) is 0.793. The molecule has 3 rings (SSSR count). The van der Waals surface area contributed by atoms with Crippen LogP contribution in [0, 0.1) is 5.92 Å². The maximum absolute atomic E-state index is 13.0. The van der Waals surface area contributed by atoms with Crippen LogP contribution in [0.15, 0.2) is 29.8 Å². The van der Waals surface area contributed by atoms with E-state index in [0.717, 1.165) is 0 Å². The highest BCUT2D eigenvalue weighted by molar-refractivity contribution is 6.10. The molecule has 2 aliphatic rings. The third-order valence-corrected chi connectivity index (χ3v) is 4.49. The first-order valence-corrected chi connectivity index (χ1v) is 7.46. The van der Waals surface area contributed by atoms with Crippen molar-refractivity contribution in [3.63, 3.8) is 0 Å². The lowest BCUT2D eigenvalue weighted by Crippen LogP contribution is -2.50. The summed E-state index contributed by atoms with van der Waals surface area (Å²) in [7, 11) is 1.22. The number of methoxy groups -OCH3 is 1. The average Bonchev–Trinajstić information content (AvgIpc) is 2.72. The first-order valence-electron chi connectivity index (χ1n) is 7.46. The first kappa shape index (κ1) is 16.0. The minimum absolute atomic E-state index is 0.118. The third-order valence-electron chi connectivity index (χ3n) is 4.49. The van der Waals surface area contributed by atoms with Gasteiger partial charge in [0.2, 0.25) is 5.78 Å². The van der Waals surface area contributed by atoms with E-state index in [4.69, 9.17) is 9.47 Å². The molecule has 0 saturated carbocycles. The summed E-state index contributed by atoms with van der Waals surface area (Å²) in [5.41, 5.74) is -1.38. The van der Waals surface area contributed by atoms with Gasteiger partial charge in [0.05, 0.1) is 12.7 Å². The van der Waals surface area contributed by atoms with Crippen molar-refractivity contribution in [3.8, 4) is 11.5 Å².